The van der Waals surface area contributed by atoms with Gasteiger partial charge >= 0.3 is 0 Å². The van der Waals surface area contributed by atoms with Gasteiger partial charge in [-0.3, -0.25) is 0 Å². The van der Waals surface area contributed by atoms with Crippen LogP contribution in [0.2, 0.25) is 0 Å². The third kappa shape index (κ3) is 4.50. The lowest BCUT2D eigenvalue weighted by Gasteiger charge is -2.17. The van der Waals surface area contributed by atoms with Crippen molar-refractivity contribution in [2.75, 3.05) is 32.7 Å². The van der Waals surface area contributed by atoms with Crippen LogP contribution in [0.4, 0.5) is 0 Å². The topological polar surface area (TPSA) is 61.4 Å². The molecule has 1 saturated heterocycles. The first kappa shape index (κ1) is 14.2. The maximum absolute atomic E-state index is 12.0. The molecule has 1 saturated carbocycles. The van der Waals surface area contributed by atoms with Crippen molar-refractivity contribution in [3.8, 4) is 0 Å². The molecule has 0 aromatic carbocycles. The molecule has 0 bridgehead atoms. The van der Waals surface area contributed by atoms with Crippen LogP contribution < -0.4 is 10.0 Å². The van der Waals surface area contributed by atoms with Crippen LogP contribution in [0.25, 0.3) is 0 Å². The lowest BCUT2D eigenvalue weighted by molar-refractivity contribution is 0.344. The quantitative estimate of drug-likeness (QED) is 0.661. The van der Waals surface area contributed by atoms with Crippen molar-refractivity contribution < 1.29 is 8.42 Å². The third-order valence-electron chi connectivity index (χ3n) is 3.73. The molecule has 2 rings (SSSR count). The molecule has 2 fully saturated rings. The second-order valence-electron chi connectivity index (χ2n) is 5.48. The first-order valence-corrected chi connectivity index (χ1v) is 8.57. The van der Waals surface area contributed by atoms with Crippen molar-refractivity contribution >= 4 is 10.0 Å². The molecule has 106 valence electrons. The number of rotatable bonds is 8. The van der Waals surface area contributed by atoms with Crippen LogP contribution in [-0.4, -0.2) is 57.3 Å². The Labute approximate surface area is 110 Å². The summed E-state index contributed by atoms with van der Waals surface area (Å²) in [7, 11) is -3.16. The normalized spacial score (nSPS) is 23.4. The SMILES string of the molecule is CC(CNC1CC1)S(=O)(=O)NCCN1CCCC1. The van der Waals surface area contributed by atoms with E-state index in [-0.39, 0.29) is 5.25 Å². The second-order valence-corrected chi connectivity index (χ2v) is 7.66. The smallest absolute Gasteiger partial charge is 0.215 e. The van der Waals surface area contributed by atoms with E-state index < -0.39 is 10.0 Å². The molecule has 1 aliphatic heterocycles. The van der Waals surface area contributed by atoms with Gasteiger partial charge in [-0.15, -0.1) is 0 Å². The van der Waals surface area contributed by atoms with Gasteiger partial charge < -0.3 is 10.2 Å². The van der Waals surface area contributed by atoms with Gasteiger partial charge in [0.25, 0.3) is 0 Å². The number of nitrogens with zero attached hydrogens (tertiary/aromatic N) is 1. The average Bonchev–Trinajstić information content (AvgIpc) is 3.02. The highest BCUT2D eigenvalue weighted by Crippen LogP contribution is 2.18. The van der Waals surface area contributed by atoms with Gasteiger partial charge in [0.2, 0.25) is 10.0 Å². The van der Waals surface area contributed by atoms with Gasteiger partial charge in [0, 0.05) is 25.7 Å². The fourth-order valence-corrected chi connectivity index (χ4v) is 3.20. The molecular formula is C12H25N3O2S. The van der Waals surface area contributed by atoms with E-state index >= 15 is 0 Å². The van der Waals surface area contributed by atoms with E-state index in [0.29, 0.717) is 19.1 Å². The number of likely N-dealkylation sites (tertiary alicyclic amines) is 1. The number of hydrogen-bond acceptors (Lipinski definition) is 4. The molecular weight excluding hydrogens is 250 g/mol. The van der Waals surface area contributed by atoms with E-state index in [9.17, 15) is 8.42 Å². The molecule has 2 N–H and O–H groups in total. The molecule has 1 aliphatic carbocycles. The highest BCUT2D eigenvalue weighted by Gasteiger charge is 2.25. The summed E-state index contributed by atoms with van der Waals surface area (Å²) in [5, 5.41) is 2.91. The standard InChI is InChI=1S/C12H25N3O2S/c1-11(10-13-12-4-5-12)18(16,17)14-6-9-15-7-2-3-8-15/h11-14H,2-10H2,1H3. The Bertz CT molecular complexity index is 348. The van der Waals surface area contributed by atoms with Crippen molar-refractivity contribution in [2.45, 2.75) is 43.9 Å². The summed E-state index contributed by atoms with van der Waals surface area (Å²) in [5.74, 6) is 0. The highest BCUT2D eigenvalue weighted by molar-refractivity contribution is 7.90. The Balaban J connectivity index is 1.64. The fraction of sp³-hybridized carbons (Fsp3) is 1.00. The Morgan fingerprint density at radius 2 is 1.94 bits per heavy atom. The van der Waals surface area contributed by atoms with Gasteiger partial charge in [0.15, 0.2) is 0 Å². The summed E-state index contributed by atoms with van der Waals surface area (Å²) in [4.78, 5) is 2.32. The van der Waals surface area contributed by atoms with E-state index in [0.717, 1.165) is 19.6 Å². The van der Waals surface area contributed by atoms with Crippen molar-refractivity contribution in [3.05, 3.63) is 0 Å². The molecule has 1 unspecified atom stereocenters. The lowest BCUT2D eigenvalue weighted by atomic mass is 10.4. The summed E-state index contributed by atoms with van der Waals surface area (Å²) >= 11 is 0. The Hall–Kier alpha value is -0.170. The molecule has 1 atom stereocenters. The minimum Gasteiger partial charge on any atom is -0.313 e. The van der Waals surface area contributed by atoms with E-state index in [1.54, 1.807) is 6.92 Å². The molecule has 0 spiro atoms. The van der Waals surface area contributed by atoms with Crippen molar-refractivity contribution in [2.24, 2.45) is 0 Å². The number of sulfonamides is 1. The molecule has 1 heterocycles. The molecule has 0 aromatic heterocycles. The van der Waals surface area contributed by atoms with Crippen LogP contribution >= 0.6 is 0 Å². The van der Waals surface area contributed by atoms with Crippen LogP contribution in [0.5, 0.6) is 0 Å². The number of hydrogen-bond donors (Lipinski definition) is 2. The van der Waals surface area contributed by atoms with Crippen LogP contribution in [0.15, 0.2) is 0 Å². The minimum atomic E-state index is -3.16. The third-order valence-corrected chi connectivity index (χ3v) is 5.56. The predicted octanol–water partition coefficient (Wildman–Crippen LogP) is 0.142. The Morgan fingerprint density at radius 1 is 1.28 bits per heavy atom. The summed E-state index contributed by atoms with van der Waals surface area (Å²) in [5.41, 5.74) is 0. The lowest BCUT2D eigenvalue weighted by Crippen LogP contribution is -2.42. The molecule has 0 radical (unpaired) electrons. The van der Waals surface area contributed by atoms with Crippen molar-refractivity contribution in [3.63, 3.8) is 0 Å². The van der Waals surface area contributed by atoms with Gasteiger partial charge in [-0.05, 0) is 45.7 Å². The molecule has 2 aliphatic rings. The number of nitrogens with one attached hydrogen (secondary N) is 2. The van der Waals surface area contributed by atoms with Crippen molar-refractivity contribution in [1.29, 1.82) is 0 Å². The Kier molecular flexibility index (Phi) is 5.00. The van der Waals surface area contributed by atoms with Crippen molar-refractivity contribution in [1.82, 2.24) is 14.9 Å². The predicted molar refractivity (Wildman–Crippen MR) is 73.1 cm³/mol. The first-order valence-electron chi connectivity index (χ1n) is 7.02. The van der Waals surface area contributed by atoms with Gasteiger partial charge in [-0.1, -0.05) is 0 Å². The average molecular weight is 275 g/mol. The first-order chi connectivity index (χ1) is 8.58. The van der Waals surface area contributed by atoms with Crippen LogP contribution in [0.1, 0.15) is 32.6 Å². The van der Waals surface area contributed by atoms with Crippen LogP contribution in [0, 0.1) is 0 Å². The molecule has 18 heavy (non-hydrogen) atoms. The van der Waals surface area contributed by atoms with Crippen LogP contribution in [0.3, 0.4) is 0 Å². The minimum absolute atomic E-state index is 0.350. The molecule has 0 aromatic rings. The molecule has 5 nitrogen and oxygen atoms in total. The molecule has 0 amide bonds. The fourth-order valence-electron chi connectivity index (χ4n) is 2.22. The second kappa shape index (κ2) is 6.32. The summed E-state index contributed by atoms with van der Waals surface area (Å²) < 4.78 is 26.7. The monoisotopic (exact) mass is 275 g/mol. The summed E-state index contributed by atoms with van der Waals surface area (Å²) in [6, 6.07) is 0.562. The van der Waals surface area contributed by atoms with Crippen LogP contribution in [-0.2, 0) is 10.0 Å². The van der Waals surface area contributed by atoms with E-state index in [4.69, 9.17) is 0 Å². The highest BCUT2D eigenvalue weighted by atomic mass is 32.2. The van der Waals surface area contributed by atoms with Gasteiger partial charge in [0.1, 0.15) is 0 Å². The van der Waals surface area contributed by atoms with Gasteiger partial charge in [0.05, 0.1) is 5.25 Å². The Morgan fingerprint density at radius 3 is 2.56 bits per heavy atom. The maximum atomic E-state index is 12.0. The maximum Gasteiger partial charge on any atom is 0.215 e. The summed E-state index contributed by atoms with van der Waals surface area (Å²) in [6.45, 7) is 5.93. The summed E-state index contributed by atoms with van der Waals surface area (Å²) in [6.07, 6.45) is 4.87. The largest absolute Gasteiger partial charge is 0.313 e. The zero-order valence-electron chi connectivity index (χ0n) is 11.2. The van der Waals surface area contributed by atoms with Gasteiger partial charge in [-0.2, -0.15) is 0 Å². The van der Waals surface area contributed by atoms with E-state index in [1.165, 1.54) is 25.7 Å². The zero-order chi connectivity index (χ0) is 13.0. The van der Waals surface area contributed by atoms with Gasteiger partial charge in [-0.25, -0.2) is 13.1 Å². The van der Waals surface area contributed by atoms with E-state index in [2.05, 4.69) is 14.9 Å². The van der Waals surface area contributed by atoms with E-state index in [1.807, 2.05) is 0 Å². The zero-order valence-corrected chi connectivity index (χ0v) is 12.0. The molecule has 6 heteroatoms.